The first-order chi connectivity index (χ1) is 14.4. The summed E-state index contributed by atoms with van der Waals surface area (Å²) in [5.74, 6) is 0.196. The largest absolute Gasteiger partial charge is 0.416 e. The molecule has 5 nitrogen and oxygen atoms in total. The molecule has 0 radical (unpaired) electrons. The first kappa shape index (κ1) is 19.4. The number of benzene rings is 3. The first-order valence-electron chi connectivity index (χ1n) is 8.96. The second-order valence-electron chi connectivity index (χ2n) is 6.51. The van der Waals surface area contributed by atoms with Crippen LogP contribution < -0.4 is 5.43 Å². The molecule has 1 heterocycles. The number of carbonyl (C=O) groups is 1. The number of fused-ring (bicyclic) bond motifs is 1. The fourth-order valence-corrected chi connectivity index (χ4v) is 2.91. The monoisotopic (exact) mass is 408 g/mol. The number of hydrazone groups is 1. The predicted octanol–water partition coefficient (Wildman–Crippen LogP) is 5.01. The lowest BCUT2D eigenvalue weighted by Gasteiger charge is -2.06. The van der Waals surface area contributed by atoms with Crippen LogP contribution in [0.15, 0.2) is 77.9 Å². The number of aromatic amines is 1. The molecule has 0 aliphatic rings. The Kier molecular flexibility index (Phi) is 5.05. The molecule has 0 saturated heterocycles. The van der Waals surface area contributed by atoms with Crippen LogP contribution in [0.2, 0.25) is 0 Å². The van der Waals surface area contributed by atoms with E-state index in [0.29, 0.717) is 22.4 Å². The molecule has 0 unspecified atom stereocenters. The zero-order chi connectivity index (χ0) is 21.1. The van der Waals surface area contributed by atoms with E-state index in [-0.39, 0.29) is 5.56 Å². The van der Waals surface area contributed by atoms with Crippen molar-refractivity contribution >= 4 is 23.2 Å². The zero-order valence-corrected chi connectivity index (χ0v) is 15.4. The second-order valence-corrected chi connectivity index (χ2v) is 6.51. The zero-order valence-electron chi connectivity index (χ0n) is 15.4. The van der Waals surface area contributed by atoms with Crippen molar-refractivity contribution < 1.29 is 18.0 Å². The number of aromatic nitrogens is 2. The molecule has 0 aliphatic heterocycles. The Morgan fingerprint density at radius 2 is 1.80 bits per heavy atom. The van der Waals surface area contributed by atoms with Crippen LogP contribution in [-0.4, -0.2) is 22.1 Å². The van der Waals surface area contributed by atoms with Gasteiger partial charge in [-0.2, -0.15) is 18.3 Å². The summed E-state index contributed by atoms with van der Waals surface area (Å²) in [6.45, 7) is 0. The van der Waals surface area contributed by atoms with Gasteiger partial charge >= 0.3 is 6.18 Å². The average molecular weight is 408 g/mol. The van der Waals surface area contributed by atoms with E-state index in [1.165, 1.54) is 12.1 Å². The topological polar surface area (TPSA) is 70.1 Å². The summed E-state index contributed by atoms with van der Waals surface area (Å²) in [6, 6.07) is 19.2. The molecule has 4 aromatic rings. The highest BCUT2D eigenvalue weighted by Crippen LogP contribution is 2.29. The quantitative estimate of drug-likeness (QED) is 0.368. The van der Waals surface area contributed by atoms with E-state index in [1.807, 2.05) is 30.3 Å². The highest BCUT2D eigenvalue weighted by molar-refractivity contribution is 5.98. The third kappa shape index (κ3) is 4.22. The molecule has 1 aromatic heterocycles. The Morgan fingerprint density at radius 1 is 1.00 bits per heavy atom. The van der Waals surface area contributed by atoms with Crippen LogP contribution in [0.3, 0.4) is 0 Å². The highest BCUT2D eigenvalue weighted by atomic mass is 19.4. The number of rotatable bonds is 4. The number of H-pyrrole nitrogens is 1. The number of amides is 1. The van der Waals surface area contributed by atoms with Crippen molar-refractivity contribution in [1.82, 2.24) is 15.4 Å². The SMILES string of the molecule is O=C(N/N=C/c1cccc(C(F)(F)F)c1)c1ccc2nc(-c3ccccc3)[nH]c2c1. The highest BCUT2D eigenvalue weighted by Gasteiger charge is 2.30. The lowest BCUT2D eigenvalue weighted by Crippen LogP contribution is -2.17. The van der Waals surface area contributed by atoms with Gasteiger partial charge in [-0.15, -0.1) is 0 Å². The molecular weight excluding hydrogens is 393 g/mol. The van der Waals surface area contributed by atoms with Crippen molar-refractivity contribution in [2.45, 2.75) is 6.18 Å². The molecule has 0 aliphatic carbocycles. The Labute approximate surface area is 169 Å². The fraction of sp³-hybridized carbons (Fsp3) is 0.0455. The van der Waals surface area contributed by atoms with Crippen LogP contribution in [0.5, 0.6) is 0 Å². The molecule has 0 atom stereocenters. The van der Waals surface area contributed by atoms with E-state index in [0.717, 1.165) is 23.9 Å². The standard InChI is InChI=1S/C22H15F3N4O/c23-22(24,25)17-8-4-5-14(11-17)13-26-29-21(30)16-9-10-18-19(12-16)28-20(27-18)15-6-2-1-3-7-15/h1-13H,(H,27,28)(H,29,30)/b26-13+. The molecular formula is C22H15F3N4O. The molecule has 0 fully saturated rings. The van der Waals surface area contributed by atoms with Crippen LogP contribution >= 0.6 is 0 Å². The predicted molar refractivity (Wildman–Crippen MR) is 108 cm³/mol. The van der Waals surface area contributed by atoms with Gasteiger partial charge in [0.2, 0.25) is 0 Å². The number of alkyl halides is 3. The van der Waals surface area contributed by atoms with Gasteiger partial charge < -0.3 is 4.98 Å². The minimum Gasteiger partial charge on any atom is -0.338 e. The Morgan fingerprint density at radius 3 is 2.57 bits per heavy atom. The molecule has 0 saturated carbocycles. The van der Waals surface area contributed by atoms with Gasteiger partial charge in [0.15, 0.2) is 0 Å². The molecule has 3 aromatic carbocycles. The average Bonchev–Trinajstić information content (AvgIpc) is 3.17. The van der Waals surface area contributed by atoms with Crippen LogP contribution in [0, 0.1) is 0 Å². The summed E-state index contributed by atoms with van der Waals surface area (Å²) in [6.07, 6.45) is -3.28. The lowest BCUT2D eigenvalue weighted by atomic mass is 10.1. The van der Waals surface area contributed by atoms with E-state index in [2.05, 4.69) is 20.5 Å². The molecule has 150 valence electrons. The van der Waals surface area contributed by atoms with Gasteiger partial charge in [-0.25, -0.2) is 10.4 Å². The number of imidazole rings is 1. The Balaban J connectivity index is 1.49. The van der Waals surface area contributed by atoms with Gasteiger partial charge in [0.1, 0.15) is 5.82 Å². The maximum atomic E-state index is 12.8. The summed E-state index contributed by atoms with van der Waals surface area (Å²) in [5.41, 5.74) is 4.42. The van der Waals surface area contributed by atoms with E-state index in [1.54, 1.807) is 18.2 Å². The van der Waals surface area contributed by atoms with Gasteiger partial charge in [-0.1, -0.05) is 42.5 Å². The van der Waals surface area contributed by atoms with Crippen LogP contribution in [0.4, 0.5) is 13.2 Å². The Bertz CT molecular complexity index is 1230. The van der Waals surface area contributed by atoms with Crippen LogP contribution in [0.25, 0.3) is 22.4 Å². The Hall–Kier alpha value is -3.94. The van der Waals surface area contributed by atoms with Gasteiger partial charge in [0.25, 0.3) is 5.91 Å². The van der Waals surface area contributed by atoms with Gasteiger partial charge in [-0.3, -0.25) is 4.79 Å². The minimum absolute atomic E-state index is 0.224. The summed E-state index contributed by atoms with van der Waals surface area (Å²) < 4.78 is 38.3. The number of nitrogens with one attached hydrogen (secondary N) is 2. The van der Waals surface area contributed by atoms with Crippen molar-refractivity contribution in [2.75, 3.05) is 0 Å². The number of nitrogens with zero attached hydrogens (tertiary/aromatic N) is 2. The van der Waals surface area contributed by atoms with Crippen molar-refractivity contribution in [3.63, 3.8) is 0 Å². The third-order valence-electron chi connectivity index (χ3n) is 4.38. The van der Waals surface area contributed by atoms with Crippen LogP contribution in [-0.2, 0) is 6.18 Å². The van der Waals surface area contributed by atoms with E-state index >= 15 is 0 Å². The van der Waals surface area contributed by atoms with Gasteiger partial charge in [0.05, 0.1) is 22.8 Å². The van der Waals surface area contributed by atoms with Gasteiger partial charge in [0, 0.05) is 11.1 Å². The van der Waals surface area contributed by atoms with E-state index in [4.69, 9.17) is 0 Å². The van der Waals surface area contributed by atoms with Gasteiger partial charge in [-0.05, 0) is 35.9 Å². The molecule has 2 N–H and O–H groups in total. The fourth-order valence-electron chi connectivity index (χ4n) is 2.91. The maximum Gasteiger partial charge on any atom is 0.416 e. The lowest BCUT2D eigenvalue weighted by molar-refractivity contribution is -0.137. The van der Waals surface area contributed by atoms with Crippen molar-refractivity contribution in [3.05, 3.63) is 89.5 Å². The molecule has 4 rings (SSSR count). The summed E-state index contributed by atoms with van der Waals surface area (Å²) in [5, 5.41) is 3.76. The summed E-state index contributed by atoms with van der Waals surface area (Å²) >= 11 is 0. The maximum absolute atomic E-state index is 12.8. The smallest absolute Gasteiger partial charge is 0.338 e. The number of halogens is 3. The normalized spacial score (nSPS) is 11.8. The van der Waals surface area contributed by atoms with Crippen LogP contribution in [0.1, 0.15) is 21.5 Å². The van der Waals surface area contributed by atoms with E-state index < -0.39 is 17.6 Å². The minimum atomic E-state index is -4.44. The number of hydrogen-bond donors (Lipinski definition) is 2. The molecule has 1 amide bonds. The summed E-state index contributed by atoms with van der Waals surface area (Å²) in [7, 11) is 0. The number of hydrogen-bond acceptors (Lipinski definition) is 3. The van der Waals surface area contributed by atoms with Crippen molar-refractivity contribution in [3.8, 4) is 11.4 Å². The molecule has 30 heavy (non-hydrogen) atoms. The molecule has 8 heteroatoms. The first-order valence-corrected chi connectivity index (χ1v) is 8.96. The van der Waals surface area contributed by atoms with Crippen molar-refractivity contribution in [2.24, 2.45) is 5.10 Å². The van der Waals surface area contributed by atoms with E-state index in [9.17, 15) is 18.0 Å². The third-order valence-corrected chi connectivity index (χ3v) is 4.38. The second kappa shape index (κ2) is 7.82. The molecule has 0 spiro atoms. The summed E-state index contributed by atoms with van der Waals surface area (Å²) in [4.78, 5) is 20.0. The molecule has 0 bridgehead atoms. The number of carbonyl (C=O) groups excluding carboxylic acids is 1. The van der Waals surface area contributed by atoms with Crippen molar-refractivity contribution in [1.29, 1.82) is 0 Å².